The Bertz CT molecular complexity index is 495. The molecule has 0 aromatic carbocycles. The molecule has 0 aliphatic carbocycles. The van der Waals surface area contributed by atoms with Gasteiger partial charge in [0.25, 0.3) is 0 Å². The molecule has 6 nitrogen and oxygen atoms in total. The Hall–Kier alpha value is 5.81. The van der Waals surface area contributed by atoms with Crippen LogP contribution in [-0.2, 0) is 26.7 Å². The first-order valence-corrected chi connectivity index (χ1v) is 31.6. The van der Waals surface area contributed by atoms with Crippen molar-refractivity contribution < 1.29 is 26.7 Å². The lowest BCUT2D eigenvalue weighted by atomic mass is 10.0. The van der Waals surface area contributed by atoms with Crippen molar-refractivity contribution in [3.63, 3.8) is 0 Å². The van der Waals surface area contributed by atoms with Crippen LogP contribution in [0.3, 0.4) is 0 Å². The highest BCUT2D eigenvalue weighted by molar-refractivity contribution is 8.78. The minimum absolute atomic E-state index is 0.395. The smallest absolute Gasteiger partial charge is 0.204 e. The third-order valence-electron chi connectivity index (χ3n) is 3.22. The van der Waals surface area contributed by atoms with Crippen LogP contribution in [0.15, 0.2) is 0 Å². The number of ether oxygens (including phenoxy) is 1. The minimum Gasteiger partial charge on any atom is -0.339 e. The maximum atomic E-state index is 6.51. The predicted octanol–water partition coefficient (Wildman–Crippen LogP) is 9.18. The molecule has 1 aliphatic heterocycles. The molecule has 1 fully saturated rings. The summed E-state index contributed by atoms with van der Waals surface area (Å²) in [5.74, 6) is 0. The quantitative estimate of drug-likeness (QED) is 0.121. The second-order valence-electron chi connectivity index (χ2n) is 5.65. The van der Waals surface area contributed by atoms with Crippen molar-refractivity contribution in [3.8, 4) is 0 Å². The molecule has 186 valence electrons. The normalized spacial score (nSPS) is 31.7. The highest BCUT2D eigenvalue weighted by Gasteiger charge is 2.52. The second-order valence-corrected chi connectivity index (χ2v) is 35.9. The molecule has 0 aromatic heterocycles. The van der Waals surface area contributed by atoms with Gasteiger partial charge in [0.1, 0.15) is 12.2 Å². The van der Waals surface area contributed by atoms with E-state index >= 15 is 0 Å². The molecule has 1 aliphatic rings. The van der Waals surface area contributed by atoms with Crippen LogP contribution < -0.4 is 0 Å². The maximum Gasteiger partial charge on any atom is 0.204 e. The van der Waals surface area contributed by atoms with Gasteiger partial charge in [-0.25, -0.2) is 0 Å². The zero-order valence-electron chi connectivity index (χ0n) is 17.5. The van der Waals surface area contributed by atoms with Crippen LogP contribution in [0.5, 0.6) is 0 Å². The average Bonchev–Trinajstić information content (AvgIpc) is 2.72. The van der Waals surface area contributed by atoms with Gasteiger partial charge >= 0.3 is 0 Å². The van der Waals surface area contributed by atoms with Crippen molar-refractivity contribution in [2.24, 2.45) is 0 Å². The molecule has 1 rings (SSSR count). The third-order valence-corrected chi connectivity index (χ3v) is 21.7. The summed E-state index contributed by atoms with van der Waals surface area (Å²) >= 11 is 7.65. The van der Waals surface area contributed by atoms with Crippen LogP contribution in [-0.4, -0.2) is 64.2 Å². The van der Waals surface area contributed by atoms with Gasteiger partial charge in [-0.1, -0.05) is 76.2 Å². The van der Waals surface area contributed by atoms with Gasteiger partial charge in [0.15, 0.2) is 12.4 Å². The highest BCUT2D eigenvalue weighted by Crippen LogP contribution is 2.62. The Kier molecular flexibility index (Phi) is 22.3. The van der Waals surface area contributed by atoms with Crippen molar-refractivity contribution in [1.29, 1.82) is 0 Å². The van der Waals surface area contributed by atoms with E-state index in [4.69, 9.17) is 26.7 Å². The molecule has 0 saturated carbocycles. The first-order valence-electron chi connectivity index (χ1n) is 8.24. The van der Waals surface area contributed by atoms with Crippen LogP contribution in [0.4, 0.5) is 0 Å². The van der Waals surface area contributed by atoms with E-state index in [1.807, 2.05) is 6.66 Å². The predicted molar refractivity (Wildman–Crippen MR) is 176 cm³/mol. The lowest BCUT2D eigenvalue weighted by Crippen LogP contribution is -2.59. The SMILES string of the molecule is CP(P)SO[C@H]1O[C@H](OP(C)SP)[C@@H](OP(C)SP)C(OP(C)SP)[C@H]1OSP(C)P. The van der Waals surface area contributed by atoms with Crippen molar-refractivity contribution >= 4 is 135 Å². The Morgan fingerprint density at radius 1 is 0.613 bits per heavy atom. The minimum atomic E-state index is -0.772. The van der Waals surface area contributed by atoms with E-state index in [0.717, 1.165) is 0 Å². The molecule has 0 radical (unpaired) electrons. The summed E-state index contributed by atoms with van der Waals surface area (Å²) in [6, 6.07) is 0. The van der Waals surface area contributed by atoms with Crippen LogP contribution in [0.25, 0.3) is 0 Å². The highest BCUT2D eigenvalue weighted by atomic mass is 33.1. The van der Waals surface area contributed by atoms with Gasteiger partial charge in [-0.15, -0.1) is 0 Å². The zero-order valence-corrected chi connectivity index (χ0v) is 31.8. The molecule has 11 unspecified atom stereocenters. The van der Waals surface area contributed by atoms with E-state index in [-0.39, 0.29) is 0 Å². The van der Waals surface area contributed by atoms with Gasteiger partial charge in [0.05, 0.1) is 22.1 Å². The first kappa shape index (κ1) is 34.8. The third kappa shape index (κ3) is 14.1. The van der Waals surface area contributed by atoms with Gasteiger partial charge in [-0.2, -0.15) is 0 Å². The molecule has 1 saturated heterocycles. The Morgan fingerprint density at radius 3 is 1.55 bits per heavy atom. The number of hydrogen-bond donors (Lipinski definition) is 0. The summed E-state index contributed by atoms with van der Waals surface area (Å²) in [5, 5.41) is 0. The second kappa shape index (κ2) is 19.8. The Morgan fingerprint density at radius 2 is 1.06 bits per heavy atom. The number of rotatable bonds is 15. The van der Waals surface area contributed by atoms with E-state index in [1.165, 1.54) is 23.3 Å². The molecule has 0 bridgehead atoms. The van der Waals surface area contributed by atoms with Gasteiger partial charge in [-0.05, 0) is 46.9 Å². The van der Waals surface area contributed by atoms with E-state index in [2.05, 4.69) is 69.8 Å². The Labute approximate surface area is 224 Å². The van der Waals surface area contributed by atoms with Crippen molar-refractivity contribution in [1.82, 2.24) is 0 Å². The van der Waals surface area contributed by atoms with Crippen molar-refractivity contribution in [2.45, 2.75) is 30.9 Å². The largest absolute Gasteiger partial charge is 0.339 e. The van der Waals surface area contributed by atoms with E-state index in [1.54, 1.807) is 33.0 Å². The zero-order chi connectivity index (χ0) is 23.6. The summed E-state index contributed by atoms with van der Waals surface area (Å²) in [6.45, 7) is 9.57. The van der Waals surface area contributed by atoms with Crippen LogP contribution in [0.2, 0.25) is 0 Å². The molecule has 0 N–H and O–H groups in total. The molecule has 0 amide bonds. The summed E-state index contributed by atoms with van der Waals surface area (Å²) < 4.78 is 37.9. The summed E-state index contributed by atoms with van der Waals surface area (Å²) in [4.78, 5) is 0. The fraction of sp³-hybridized carbons (Fsp3) is 1.00. The van der Waals surface area contributed by atoms with Crippen LogP contribution >= 0.6 is 135 Å². The van der Waals surface area contributed by atoms with Crippen molar-refractivity contribution in [3.05, 3.63) is 0 Å². The molecule has 0 aromatic rings. The van der Waals surface area contributed by atoms with Gasteiger partial charge in [0, 0.05) is 23.3 Å². The fourth-order valence-corrected chi connectivity index (χ4v) is 9.54. The van der Waals surface area contributed by atoms with E-state index in [9.17, 15) is 0 Å². The summed E-state index contributed by atoms with van der Waals surface area (Å²) in [5.41, 5.74) is 0. The van der Waals surface area contributed by atoms with Crippen molar-refractivity contribution in [2.75, 3.05) is 33.3 Å². The van der Waals surface area contributed by atoms with Gasteiger partial charge in [0.2, 0.25) is 6.29 Å². The summed E-state index contributed by atoms with van der Waals surface area (Å²) in [7, 11) is 11.3. The average molecular weight is 716 g/mol. The van der Waals surface area contributed by atoms with Gasteiger partial charge in [-0.3, -0.25) is 8.37 Å². The van der Waals surface area contributed by atoms with Crippen LogP contribution in [0, 0.1) is 0 Å². The molecule has 21 heteroatoms. The molecule has 15 atom stereocenters. The summed E-state index contributed by atoms with van der Waals surface area (Å²) in [6.07, 6.45) is -2.54. The Balaban J connectivity index is 3.28. The lowest BCUT2D eigenvalue weighted by molar-refractivity contribution is -0.291. The van der Waals surface area contributed by atoms with E-state index in [0.29, 0.717) is 0 Å². The first-order chi connectivity index (χ1) is 14.6. The lowest BCUT2D eigenvalue weighted by Gasteiger charge is -2.45. The monoisotopic (exact) mass is 716 g/mol. The molecular formula is C10H30O6P10S5. The van der Waals surface area contributed by atoms with E-state index < -0.39 is 66.6 Å². The van der Waals surface area contributed by atoms with Crippen LogP contribution in [0.1, 0.15) is 0 Å². The molecule has 31 heavy (non-hydrogen) atoms. The molecular weight excluding hydrogens is 686 g/mol. The van der Waals surface area contributed by atoms with Gasteiger partial charge < -0.3 is 18.3 Å². The topological polar surface area (TPSA) is 55.4 Å². The fourth-order valence-electron chi connectivity index (χ4n) is 2.07. The number of hydrogen-bond acceptors (Lipinski definition) is 11. The standard InChI is InChI=1S/C10H30O6P10S5/c1-22(29-19)12-6-7(13-23(2)30-20)9(14-24(3)31-21)11-10(16-28-26(5)18)8(6)15-27-25(4)17/h6-10H,17-21H2,1-5H3/t6?,7-,8+,9+,10+,22?,23?,24?,25?,26?/m0/s1. The maximum absolute atomic E-state index is 6.51. The molecule has 1 heterocycles. The molecule has 0 spiro atoms.